The first-order chi connectivity index (χ1) is 13.1. The van der Waals surface area contributed by atoms with Gasteiger partial charge in [0.15, 0.2) is 5.82 Å². The first-order valence-corrected chi connectivity index (χ1v) is 9.59. The number of urea groups is 1. The van der Waals surface area contributed by atoms with E-state index in [4.69, 9.17) is 0 Å². The fourth-order valence-corrected chi connectivity index (χ4v) is 2.66. The minimum atomic E-state index is -0.318. The normalized spacial score (nSPS) is 10.4. The number of para-hydroxylation sites is 1. The van der Waals surface area contributed by atoms with Gasteiger partial charge in [0.25, 0.3) is 0 Å². The molecule has 1 heterocycles. The number of rotatable bonds is 9. The van der Waals surface area contributed by atoms with Gasteiger partial charge in [-0.05, 0) is 39.3 Å². The molecule has 7 heteroatoms. The Hall–Kier alpha value is -2.83. The fraction of sp³-hybridized carbons (Fsp3) is 0.450. The third kappa shape index (κ3) is 5.84. The van der Waals surface area contributed by atoms with Crippen molar-refractivity contribution in [3.8, 4) is 0 Å². The van der Waals surface area contributed by atoms with Gasteiger partial charge >= 0.3 is 6.03 Å². The molecule has 0 fully saturated rings. The van der Waals surface area contributed by atoms with E-state index in [1.807, 2.05) is 37.3 Å². The SMILES string of the molecule is CCCCNc1nc(N(CC)CC)nc(C)c1NC(=O)Nc1ccccc1. The lowest BCUT2D eigenvalue weighted by molar-refractivity contribution is 0.262. The van der Waals surface area contributed by atoms with Crippen LogP contribution in [-0.4, -0.2) is 35.6 Å². The molecular weight excluding hydrogens is 340 g/mol. The summed E-state index contributed by atoms with van der Waals surface area (Å²) >= 11 is 0. The minimum absolute atomic E-state index is 0.318. The molecule has 0 unspecified atom stereocenters. The van der Waals surface area contributed by atoms with Gasteiger partial charge in [0.05, 0.1) is 5.69 Å². The average molecular weight is 371 g/mol. The average Bonchev–Trinajstić information content (AvgIpc) is 2.66. The van der Waals surface area contributed by atoms with Crippen LogP contribution in [0.1, 0.15) is 39.3 Å². The van der Waals surface area contributed by atoms with E-state index in [1.165, 1.54) is 0 Å². The predicted octanol–water partition coefficient (Wildman–Crippen LogP) is 4.49. The summed E-state index contributed by atoms with van der Waals surface area (Å²) in [5.74, 6) is 1.33. The summed E-state index contributed by atoms with van der Waals surface area (Å²) in [4.78, 5) is 23.8. The molecule has 0 radical (unpaired) electrons. The molecule has 0 spiro atoms. The number of anilines is 4. The van der Waals surface area contributed by atoms with E-state index in [0.717, 1.165) is 43.9 Å². The van der Waals surface area contributed by atoms with Crippen molar-refractivity contribution in [1.82, 2.24) is 9.97 Å². The fourth-order valence-electron chi connectivity index (χ4n) is 2.66. The number of unbranched alkanes of at least 4 members (excludes halogenated alkanes) is 1. The summed E-state index contributed by atoms with van der Waals surface area (Å²) < 4.78 is 0. The molecule has 7 nitrogen and oxygen atoms in total. The van der Waals surface area contributed by atoms with Crippen LogP contribution < -0.4 is 20.9 Å². The first-order valence-electron chi connectivity index (χ1n) is 9.59. The molecule has 0 saturated carbocycles. The third-order valence-corrected chi connectivity index (χ3v) is 4.22. The molecule has 0 aliphatic carbocycles. The number of aryl methyl sites for hydroxylation is 1. The van der Waals surface area contributed by atoms with Gasteiger partial charge in [-0.2, -0.15) is 4.98 Å². The molecule has 0 atom stereocenters. The number of aromatic nitrogens is 2. The predicted molar refractivity (Wildman–Crippen MR) is 113 cm³/mol. The van der Waals surface area contributed by atoms with Crippen molar-refractivity contribution in [2.45, 2.75) is 40.5 Å². The van der Waals surface area contributed by atoms with E-state index in [9.17, 15) is 4.79 Å². The monoisotopic (exact) mass is 370 g/mol. The molecule has 3 N–H and O–H groups in total. The molecule has 2 rings (SSSR count). The molecule has 2 amide bonds. The van der Waals surface area contributed by atoms with E-state index in [1.54, 1.807) is 0 Å². The van der Waals surface area contributed by atoms with Gasteiger partial charge in [-0.25, -0.2) is 9.78 Å². The highest BCUT2D eigenvalue weighted by Crippen LogP contribution is 2.26. The van der Waals surface area contributed by atoms with Gasteiger partial charge in [0.1, 0.15) is 5.69 Å². The van der Waals surface area contributed by atoms with E-state index >= 15 is 0 Å². The maximum atomic E-state index is 12.4. The molecule has 0 aliphatic rings. The molecule has 0 bridgehead atoms. The molecule has 1 aromatic heterocycles. The summed E-state index contributed by atoms with van der Waals surface area (Å²) in [6.45, 7) is 10.6. The molecule has 1 aromatic carbocycles. The summed E-state index contributed by atoms with van der Waals surface area (Å²) in [6, 6.07) is 9.02. The van der Waals surface area contributed by atoms with Crippen LogP contribution in [0, 0.1) is 6.92 Å². The van der Waals surface area contributed by atoms with Gasteiger partial charge in [0.2, 0.25) is 5.95 Å². The smallest absolute Gasteiger partial charge is 0.323 e. The lowest BCUT2D eigenvalue weighted by Gasteiger charge is -2.22. The second-order valence-corrected chi connectivity index (χ2v) is 6.23. The number of benzene rings is 1. The highest BCUT2D eigenvalue weighted by Gasteiger charge is 2.16. The number of carbonyl (C=O) groups excluding carboxylic acids is 1. The Balaban J connectivity index is 2.25. The summed E-state index contributed by atoms with van der Waals surface area (Å²) in [6.07, 6.45) is 2.11. The van der Waals surface area contributed by atoms with Crippen LogP contribution in [0.3, 0.4) is 0 Å². The second kappa shape index (κ2) is 10.4. The lowest BCUT2D eigenvalue weighted by atomic mass is 10.3. The van der Waals surface area contributed by atoms with Gasteiger partial charge in [-0.15, -0.1) is 0 Å². The highest BCUT2D eigenvalue weighted by molar-refractivity contribution is 6.01. The van der Waals surface area contributed by atoms with E-state index < -0.39 is 0 Å². The zero-order valence-electron chi connectivity index (χ0n) is 16.7. The summed E-state index contributed by atoms with van der Waals surface area (Å²) in [5.41, 5.74) is 2.07. The maximum Gasteiger partial charge on any atom is 0.323 e. The largest absolute Gasteiger partial charge is 0.368 e. The van der Waals surface area contributed by atoms with Gasteiger partial charge in [-0.3, -0.25) is 0 Å². The molecule has 2 aromatic rings. The van der Waals surface area contributed by atoms with E-state index in [-0.39, 0.29) is 6.03 Å². The van der Waals surface area contributed by atoms with Crippen LogP contribution in [0.15, 0.2) is 30.3 Å². The second-order valence-electron chi connectivity index (χ2n) is 6.23. The van der Waals surface area contributed by atoms with Crippen molar-refractivity contribution in [3.63, 3.8) is 0 Å². The van der Waals surface area contributed by atoms with Gasteiger partial charge in [-0.1, -0.05) is 31.5 Å². The van der Waals surface area contributed by atoms with E-state index in [0.29, 0.717) is 17.5 Å². The Bertz CT molecular complexity index is 731. The van der Waals surface area contributed by atoms with Crippen molar-refractivity contribution in [1.29, 1.82) is 0 Å². The first kappa shape index (κ1) is 20.5. The van der Waals surface area contributed by atoms with Gasteiger partial charge in [0, 0.05) is 25.3 Å². The molecule has 0 aliphatic heterocycles. The van der Waals surface area contributed by atoms with Crippen LogP contribution in [0.25, 0.3) is 0 Å². The number of amides is 2. The Kier molecular flexibility index (Phi) is 7.85. The van der Waals surface area contributed by atoms with Crippen molar-refractivity contribution in [2.75, 3.05) is 40.5 Å². The summed E-state index contributed by atoms with van der Waals surface area (Å²) in [5, 5.41) is 9.08. The standard InChI is InChI=1S/C20H30N6O/c1-5-8-14-21-18-17(15(4)22-19(25-18)26(6-2)7-3)24-20(27)23-16-12-10-9-11-13-16/h9-13H,5-8,14H2,1-4H3,(H,21,22,25)(H2,23,24,27). The van der Waals surface area contributed by atoms with Crippen LogP contribution in [0.2, 0.25) is 0 Å². The van der Waals surface area contributed by atoms with Crippen LogP contribution in [0.5, 0.6) is 0 Å². The number of nitrogens with zero attached hydrogens (tertiary/aromatic N) is 3. The zero-order valence-corrected chi connectivity index (χ0v) is 16.7. The van der Waals surface area contributed by atoms with Crippen molar-refractivity contribution in [3.05, 3.63) is 36.0 Å². The lowest BCUT2D eigenvalue weighted by Crippen LogP contribution is -2.26. The number of carbonyl (C=O) groups is 1. The van der Waals surface area contributed by atoms with Crippen LogP contribution in [0.4, 0.5) is 27.9 Å². The van der Waals surface area contributed by atoms with Crippen LogP contribution in [-0.2, 0) is 0 Å². The zero-order chi connectivity index (χ0) is 19.6. The Morgan fingerprint density at radius 3 is 2.37 bits per heavy atom. The quantitative estimate of drug-likeness (QED) is 0.567. The highest BCUT2D eigenvalue weighted by atomic mass is 16.2. The molecule has 146 valence electrons. The van der Waals surface area contributed by atoms with Crippen LogP contribution >= 0.6 is 0 Å². The Labute approximate surface area is 161 Å². The van der Waals surface area contributed by atoms with Crippen molar-refractivity contribution < 1.29 is 4.79 Å². The Morgan fingerprint density at radius 2 is 1.74 bits per heavy atom. The molecule has 0 saturated heterocycles. The number of nitrogens with one attached hydrogen (secondary N) is 3. The minimum Gasteiger partial charge on any atom is -0.368 e. The summed E-state index contributed by atoms with van der Waals surface area (Å²) in [7, 11) is 0. The maximum absolute atomic E-state index is 12.4. The third-order valence-electron chi connectivity index (χ3n) is 4.22. The van der Waals surface area contributed by atoms with Gasteiger partial charge < -0.3 is 20.9 Å². The Morgan fingerprint density at radius 1 is 1.04 bits per heavy atom. The van der Waals surface area contributed by atoms with E-state index in [2.05, 4.69) is 51.6 Å². The van der Waals surface area contributed by atoms with Crippen molar-refractivity contribution >= 4 is 29.2 Å². The molecular formula is C20H30N6O. The number of hydrogen-bond donors (Lipinski definition) is 3. The number of hydrogen-bond acceptors (Lipinski definition) is 5. The topological polar surface area (TPSA) is 82.2 Å². The molecule has 27 heavy (non-hydrogen) atoms. The van der Waals surface area contributed by atoms with Crippen molar-refractivity contribution in [2.24, 2.45) is 0 Å².